The molecule has 0 aliphatic rings. The molecule has 0 heterocycles. The lowest BCUT2D eigenvalue weighted by Gasteiger charge is -2.08. The Morgan fingerprint density at radius 1 is 1.43 bits per heavy atom. The Morgan fingerprint density at radius 2 is 2.21 bits per heavy atom. The number of nitrogens with one attached hydrogen (secondary N) is 3. The Labute approximate surface area is 82.4 Å². The number of amides is 2. The second-order valence-corrected chi connectivity index (χ2v) is 2.56. The Hall–Kier alpha value is -1.91. The number of methoxy groups -OCH3 is 1. The summed E-state index contributed by atoms with van der Waals surface area (Å²) in [5.74, 6) is 0.730. The smallest absolute Gasteiger partial charge is 0.333 e. The molecular weight excluding hydrogens is 182 g/mol. The van der Waals surface area contributed by atoms with Crippen molar-refractivity contribution in [1.82, 2.24) is 10.7 Å². The molecule has 3 N–H and O–H groups in total. The van der Waals surface area contributed by atoms with E-state index in [2.05, 4.69) is 16.2 Å². The molecule has 0 saturated heterocycles. The zero-order chi connectivity index (χ0) is 10.4. The lowest BCUT2D eigenvalue weighted by Crippen LogP contribution is -2.36. The van der Waals surface area contributed by atoms with E-state index in [1.165, 1.54) is 0 Å². The second kappa shape index (κ2) is 4.96. The summed E-state index contributed by atoms with van der Waals surface area (Å²) in [6.07, 6.45) is 0. The average Bonchev–Trinajstić information content (AvgIpc) is 2.26. The van der Waals surface area contributed by atoms with Gasteiger partial charge in [-0.15, -0.1) is 0 Å². The molecule has 0 aliphatic carbocycles. The molecule has 0 saturated carbocycles. The van der Waals surface area contributed by atoms with Crippen molar-refractivity contribution in [3.05, 3.63) is 24.3 Å². The largest absolute Gasteiger partial charge is 0.497 e. The molecule has 1 aromatic rings. The molecule has 1 aromatic carbocycles. The molecule has 2 amide bonds. The number of rotatable bonds is 3. The summed E-state index contributed by atoms with van der Waals surface area (Å²) in [7, 11) is 3.13. The lowest BCUT2D eigenvalue weighted by molar-refractivity contribution is 0.245. The fourth-order valence-electron chi connectivity index (χ4n) is 0.892. The molecule has 0 bridgehead atoms. The van der Waals surface area contributed by atoms with Crippen LogP contribution in [-0.4, -0.2) is 20.2 Å². The number of hydrogen-bond acceptors (Lipinski definition) is 3. The highest BCUT2D eigenvalue weighted by atomic mass is 16.5. The number of hydrogen-bond donors (Lipinski definition) is 3. The van der Waals surface area contributed by atoms with Gasteiger partial charge in [0.05, 0.1) is 12.8 Å². The van der Waals surface area contributed by atoms with Crippen LogP contribution in [0.15, 0.2) is 24.3 Å². The Kier molecular flexibility index (Phi) is 3.60. The first-order chi connectivity index (χ1) is 6.76. The van der Waals surface area contributed by atoms with Gasteiger partial charge in [-0.2, -0.15) is 0 Å². The van der Waals surface area contributed by atoms with Crippen molar-refractivity contribution in [1.29, 1.82) is 0 Å². The minimum Gasteiger partial charge on any atom is -0.497 e. The van der Waals surface area contributed by atoms with Gasteiger partial charge >= 0.3 is 6.03 Å². The highest BCUT2D eigenvalue weighted by Gasteiger charge is 1.96. The maximum Gasteiger partial charge on any atom is 0.333 e. The van der Waals surface area contributed by atoms with E-state index in [9.17, 15) is 4.79 Å². The molecule has 5 nitrogen and oxygen atoms in total. The van der Waals surface area contributed by atoms with E-state index in [1.807, 2.05) is 18.2 Å². The zero-order valence-corrected chi connectivity index (χ0v) is 8.13. The summed E-state index contributed by atoms with van der Waals surface area (Å²) in [4.78, 5) is 10.8. The van der Waals surface area contributed by atoms with Gasteiger partial charge in [0.1, 0.15) is 5.75 Å². The van der Waals surface area contributed by atoms with Gasteiger partial charge in [-0.3, -0.25) is 10.9 Å². The molecule has 0 fully saturated rings. The SMILES string of the molecule is CNC(=O)NNc1cccc(OC)c1. The molecule has 0 aliphatic heterocycles. The molecule has 0 unspecified atom stereocenters. The third kappa shape index (κ3) is 2.85. The molecule has 14 heavy (non-hydrogen) atoms. The van der Waals surface area contributed by atoms with E-state index >= 15 is 0 Å². The maximum atomic E-state index is 10.8. The van der Waals surface area contributed by atoms with E-state index in [-0.39, 0.29) is 6.03 Å². The third-order valence-electron chi connectivity index (χ3n) is 1.62. The van der Waals surface area contributed by atoms with Gasteiger partial charge in [0.15, 0.2) is 0 Å². The summed E-state index contributed by atoms with van der Waals surface area (Å²) in [5.41, 5.74) is 5.93. The Bertz CT molecular complexity index is 315. The van der Waals surface area contributed by atoms with Gasteiger partial charge in [-0.25, -0.2) is 4.79 Å². The fraction of sp³-hybridized carbons (Fsp3) is 0.222. The molecule has 0 spiro atoms. The monoisotopic (exact) mass is 195 g/mol. The number of anilines is 1. The third-order valence-corrected chi connectivity index (χ3v) is 1.62. The maximum absolute atomic E-state index is 10.8. The summed E-state index contributed by atoms with van der Waals surface area (Å²) >= 11 is 0. The Morgan fingerprint density at radius 3 is 2.86 bits per heavy atom. The highest BCUT2D eigenvalue weighted by molar-refractivity contribution is 5.75. The average molecular weight is 195 g/mol. The number of ether oxygens (including phenoxy) is 1. The molecular formula is C9H13N3O2. The van der Waals surface area contributed by atoms with Crippen LogP contribution in [0.3, 0.4) is 0 Å². The van der Waals surface area contributed by atoms with Crippen molar-refractivity contribution >= 4 is 11.7 Å². The van der Waals surface area contributed by atoms with Gasteiger partial charge in [0, 0.05) is 13.1 Å². The number of carbonyl (C=O) groups is 1. The van der Waals surface area contributed by atoms with Crippen LogP contribution in [0.4, 0.5) is 10.5 Å². The highest BCUT2D eigenvalue weighted by Crippen LogP contribution is 2.15. The van der Waals surface area contributed by atoms with Crippen LogP contribution in [-0.2, 0) is 0 Å². The molecule has 76 valence electrons. The van der Waals surface area contributed by atoms with Gasteiger partial charge in [-0.1, -0.05) is 6.07 Å². The molecule has 1 rings (SSSR count). The van der Waals surface area contributed by atoms with Crippen molar-refractivity contribution in [2.45, 2.75) is 0 Å². The standard InChI is InChI=1S/C9H13N3O2/c1-10-9(13)12-11-7-4-3-5-8(6-7)14-2/h3-6,11H,1-2H3,(H2,10,12,13). The first-order valence-electron chi connectivity index (χ1n) is 4.14. The molecule has 5 heteroatoms. The number of benzene rings is 1. The van der Waals surface area contributed by atoms with Gasteiger partial charge in [-0.05, 0) is 12.1 Å². The molecule has 0 aromatic heterocycles. The summed E-state index contributed by atoms with van der Waals surface area (Å²) in [6.45, 7) is 0. The quantitative estimate of drug-likeness (QED) is 0.629. The van der Waals surface area contributed by atoms with Crippen molar-refractivity contribution in [3.8, 4) is 5.75 Å². The molecule has 0 atom stereocenters. The van der Waals surface area contributed by atoms with Crippen LogP contribution in [0.2, 0.25) is 0 Å². The Balaban J connectivity index is 2.54. The fourth-order valence-corrected chi connectivity index (χ4v) is 0.892. The van der Waals surface area contributed by atoms with Crippen molar-refractivity contribution in [2.24, 2.45) is 0 Å². The van der Waals surface area contributed by atoms with E-state index in [4.69, 9.17) is 4.74 Å². The van der Waals surface area contributed by atoms with Gasteiger partial charge in [0.2, 0.25) is 0 Å². The first-order valence-corrected chi connectivity index (χ1v) is 4.14. The topological polar surface area (TPSA) is 62.4 Å². The van der Waals surface area contributed by atoms with Crippen LogP contribution in [0.1, 0.15) is 0 Å². The van der Waals surface area contributed by atoms with E-state index in [0.29, 0.717) is 0 Å². The minimum absolute atomic E-state index is 0.298. The van der Waals surface area contributed by atoms with Crippen molar-refractivity contribution < 1.29 is 9.53 Å². The summed E-state index contributed by atoms with van der Waals surface area (Å²) < 4.78 is 5.02. The zero-order valence-electron chi connectivity index (χ0n) is 8.13. The summed E-state index contributed by atoms with van der Waals surface area (Å²) in [5, 5.41) is 2.42. The van der Waals surface area contributed by atoms with E-state index in [0.717, 1.165) is 11.4 Å². The van der Waals surface area contributed by atoms with Crippen LogP contribution < -0.4 is 20.9 Å². The van der Waals surface area contributed by atoms with Gasteiger partial charge < -0.3 is 10.1 Å². The predicted octanol–water partition coefficient (Wildman–Crippen LogP) is 0.951. The van der Waals surface area contributed by atoms with E-state index in [1.54, 1.807) is 20.2 Å². The van der Waals surface area contributed by atoms with Crippen LogP contribution in [0.5, 0.6) is 5.75 Å². The lowest BCUT2D eigenvalue weighted by atomic mass is 10.3. The summed E-state index contributed by atoms with van der Waals surface area (Å²) in [6, 6.07) is 6.94. The minimum atomic E-state index is -0.298. The van der Waals surface area contributed by atoms with Crippen LogP contribution in [0.25, 0.3) is 0 Å². The van der Waals surface area contributed by atoms with E-state index < -0.39 is 0 Å². The van der Waals surface area contributed by atoms with Crippen molar-refractivity contribution in [2.75, 3.05) is 19.6 Å². The molecule has 0 radical (unpaired) electrons. The second-order valence-electron chi connectivity index (χ2n) is 2.56. The normalized spacial score (nSPS) is 9.00. The van der Waals surface area contributed by atoms with Crippen LogP contribution in [0, 0.1) is 0 Å². The van der Waals surface area contributed by atoms with Crippen LogP contribution >= 0.6 is 0 Å². The predicted molar refractivity (Wildman–Crippen MR) is 54.2 cm³/mol. The number of hydrazine groups is 1. The van der Waals surface area contributed by atoms with Crippen molar-refractivity contribution in [3.63, 3.8) is 0 Å². The number of urea groups is 1. The first kappa shape index (κ1) is 10.2. The van der Waals surface area contributed by atoms with Gasteiger partial charge in [0.25, 0.3) is 0 Å². The number of carbonyl (C=O) groups excluding carboxylic acids is 1.